The third-order valence-electron chi connectivity index (χ3n) is 5.29. The highest BCUT2D eigenvalue weighted by atomic mass is 19.4. The Labute approximate surface area is 171 Å². The smallest absolute Gasteiger partial charge is 0.323 e. The maximum Gasteiger partial charge on any atom is 0.416 e. The van der Waals surface area contributed by atoms with Crippen molar-refractivity contribution in [1.82, 2.24) is 19.7 Å². The van der Waals surface area contributed by atoms with Crippen molar-refractivity contribution < 1.29 is 18.0 Å². The van der Waals surface area contributed by atoms with Crippen LogP contribution >= 0.6 is 0 Å². The highest BCUT2D eigenvalue weighted by Gasteiger charge is 2.32. The largest absolute Gasteiger partial charge is 0.416 e. The van der Waals surface area contributed by atoms with E-state index in [0.717, 1.165) is 25.0 Å². The lowest BCUT2D eigenvalue weighted by molar-refractivity contribution is -0.137. The number of aryl methyl sites for hydroxylation is 1. The van der Waals surface area contributed by atoms with Crippen LogP contribution in [0.25, 0.3) is 5.69 Å². The number of carbonyl (C=O) groups is 1. The molecule has 1 heterocycles. The number of hydrogen-bond acceptors (Lipinski definition) is 4. The molecule has 0 bridgehead atoms. The molecule has 1 atom stereocenters. The maximum absolute atomic E-state index is 13.2. The number of nitrogens with one attached hydrogen (secondary N) is 1. The molecule has 0 aliphatic heterocycles. The van der Waals surface area contributed by atoms with Crippen molar-refractivity contribution in [3.63, 3.8) is 0 Å². The minimum atomic E-state index is -4.52. The van der Waals surface area contributed by atoms with Gasteiger partial charge >= 0.3 is 6.18 Å². The molecule has 30 heavy (non-hydrogen) atoms. The minimum Gasteiger partial charge on any atom is -0.323 e. The van der Waals surface area contributed by atoms with Crippen molar-refractivity contribution in [2.45, 2.75) is 25.1 Å². The van der Waals surface area contributed by atoms with Crippen molar-refractivity contribution in [2.75, 3.05) is 18.9 Å². The second kappa shape index (κ2) is 7.91. The van der Waals surface area contributed by atoms with E-state index in [0.29, 0.717) is 5.69 Å². The van der Waals surface area contributed by atoms with E-state index in [1.807, 2.05) is 24.1 Å². The van der Waals surface area contributed by atoms with Gasteiger partial charge in [-0.1, -0.05) is 24.3 Å². The SMILES string of the molecule is CN(CC(=O)Nc1cc(C(F)(F)F)ccc1-n1cncn1)[C@H]1CCc2ccccc21. The van der Waals surface area contributed by atoms with Gasteiger partial charge < -0.3 is 5.32 Å². The summed E-state index contributed by atoms with van der Waals surface area (Å²) >= 11 is 0. The summed E-state index contributed by atoms with van der Waals surface area (Å²) in [5.41, 5.74) is 1.94. The zero-order valence-corrected chi connectivity index (χ0v) is 16.2. The van der Waals surface area contributed by atoms with Gasteiger partial charge in [-0.3, -0.25) is 9.69 Å². The fourth-order valence-corrected chi connectivity index (χ4v) is 3.86. The van der Waals surface area contributed by atoms with Gasteiger partial charge in [-0.05, 0) is 49.2 Å². The Morgan fingerprint density at radius 3 is 2.80 bits per heavy atom. The summed E-state index contributed by atoms with van der Waals surface area (Å²) in [7, 11) is 1.84. The van der Waals surface area contributed by atoms with Crippen LogP contribution in [0.2, 0.25) is 0 Å². The quantitative estimate of drug-likeness (QED) is 0.688. The Hall–Kier alpha value is -3.20. The molecule has 0 saturated carbocycles. The van der Waals surface area contributed by atoms with E-state index >= 15 is 0 Å². The molecular formula is C21H20F3N5O. The Morgan fingerprint density at radius 1 is 1.27 bits per heavy atom. The van der Waals surface area contributed by atoms with Gasteiger partial charge in [0.2, 0.25) is 5.91 Å². The first-order valence-electron chi connectivity index (χ1n) is 9.47. The molecule has 2 aromatic carbocycles. The number of halogens is 3. The third-order valence-corrected chi connectivity index (χ3v) is 5.29. The van der Waals surface area contributed by atoms with E-state index in [1.165, 1.54) is 34.5 Å². The van der Waals surface area contributed by atoms with Crippen LogP contribution in [0.3, 0.4) is 0 Å². The first-order valence-corrected chi connectivity index (χ1v) is 9.47. The molecule has 4 rings (SSSR count). The van der Waals surface area contributed by atoms with Gasteiger partial charge in [0.1, 0.15) is 12.7 Å². The van der Waals surface area contributed by atoms with Gasteiger partial charge in [-0.25, -0.2) is 9.67 Å². The van der Waals surface area contributed by atoms with Crippen LogP contribution < -0.4 is 5.32 Å². The zero-order valence-electron chi connectivity index (χ0n) is 16.2. The Morgan fingerprint density at radius 2 is 2.07 bits per heavy atom. The van der Waals surface area contributed by atoms with Crippen molar-refractivity contribution in [1.29, 1.82) is 0 Å². The standard InChI is InChI=1S/C21H20F3N5O/c1-28(18-8-6-14-4-2-3-5-16(14)18)11-20(30)27-17-10-15(21(22,23)24)7-9-19(17)29-13-25-12-26-29/h2-5,7,9-10,12-13,18H,6,8,11H2,1H3,(H,27,30)/t18-/m0/s1. The highest BCUT2D eigenvalue weighted by molar-refractivity contribution is 5.94. The molecule has 1 aliphatic rings. The van der Waals surface area contributed by atoms with Gasteiger partial charge in [0.15, 0.2) is 0 Å². The molecule has 1 N–H and O–H groups in total. The number of anilines is 1. The number of hydrogen-bond donors (Lipinski definition) is 1. The zero-order chi connectivity index (χ0) is 21.3. The molecule has 0 unspecified atom stereocenters. The number of alkyl halides is 3. The van der Waals surface area contributed by atoms with E-state index in [-0.39, 0.29) is 18.3 Å². The lowest BCUT2D eigenvalue weighted by Crippen LogP contribution is -2.32. The molecule has 1 aliphatic carbocycles. The summed E-state index contributed by atoms with van der Waals surface area (Å²) in [5.74, 6) is -0.400. The number of nitrogens with zero attached hydrogens (tertiary/aromatic N) is 4. The summed E-state index contributed by atoms with van der Waals surface area (Å²) in [6, 6.07) is 11.3. The number of aromatic nitrogens is 3. The predicted octanol–water partition coefficient (Wildman–Crippen LogP) is 3.84. The molecule has 6 nitrogen and oxygen atoms in total. The molecule has 0 spiro atoms. The van der Waals surface area contributed by atoms with Crippen LogP contribution in [0, 0.1) is 0 Å². The topological polar surface area (TPSA) is 63.1 Å². The number of benzene rings is 2. The Balaban J connectivity index is 1.54. The lowest BCUT2D eigenvalue weighted by atomic mass is 10.1. The van der Waals surface area contributed by atoms with E-state index in [1.54, 1.807) is 0 Å². The van der Waals surface area contributed by atoms with E-state index in [2.05, 4.69) is 27.5 Å². The fourth-order valence-electron chi connectivity index (χ4n) is 3.86. The molecule has 0 fully saturated rings. The van der Waals surface area contributed by atoms with Gasteiger partial charge in [0, 0.05) is 6.04 Å². The van der Waals surface area contributed by atoms with E-state index in [9.17, 15) is 18.0 Å². The molecular weight excluding hydrogens is 395 g/mol. The molecule has 1 amide bonds. The molecule has 3 aromatic rings. The number of amides is 1. The normalized spacial score (nSPS) is 16.0. The number of carbonyl (C=O) groups excluding carboxylic acids is 1. The summed E-state index contributed by atoms with van der Waals surface area (Å²) in [6.07, 6.45) is -0.0487. The Kier molecular flexibility index (Phi) is 5.29. The van der Waals surface area contributed by atoms with Crippen LogP contribution in [0.1, 0.15) is 29.2 Å². The fraction of sp³-hybridized carbons (Fsp3) is 0.286. The number of rotatable bonds is 5. The second-order valence-corrected chi connectivity index (χ2v) is 7.29. The average molecular weight is 415 g/mol. The molecule has 156 valence electrons. The monoisotopic (exact) mass is 415 g/mol. The second-order valence-electron chi connectivity index (χ2n) is 7.29. The maximum atomic E-state index is 13.2. The molecule has 0 saturated heterocycles. The first-order chi connectivity index (χ1) is 14.3. The molecule has 9 heteroatoms. The minimum absolute atomic E-state index is 0.0283. The van der Waals surface area contributed by atoms with Crippen LogP contribution in [-0.4, -0.2) is 39.2 Å². The lowest BCUT2D eigenvalue weighted by Gasteiger charge is -2.25. The van der Waals surface area contributed by atoms with Gasteiger partial charge in [-0.15, -0.1) is 0 Å². The molecule has 1 aromatic heterocycles. The van der Waals surface area contributed by atoms with Crippen molar-refractivity contribution in [2.24, 2.45) is 0 Å². The predicted molar refractivity (Wildman–Crippen MR) is 105 cm³/mol. The number of likely N-dealkylation sites (N-methyl/N-ethyl adjacent to an activating group) is 1. The van der Waals surface area contributed by atoms with Crippen molar-refractivity contribution >= 4 is 11.6 Å². The van der Waals surface area contributed by atoms with Crippen LogP contribution in [0.15, 0.2) is 55.1 Å². The highest BCUT2D eigenvalue weighted by Crippen LogP contribution is 2.35. The van der Waals surface area contributed by atoms with Gasteiger partial charge in [-0.2, -0.15) is 18.3 Å². The Bertz CT molecular complexity index is 1050. The van der Waals surface area contributed by atoms with Crippen LogP contribution in [0.5, 0.6) is 0 Å². The van der Waals surface area contributed by atoms with Crippen LogP contribution in [-0.2, 0) is 17.4 Å². The van der Waals surface area contributed by atoms with Crippen molar-refractivity contribution in [3.8, 4) is 5.69 Å². The summed E-state index contributed by atoms with van der Waals surface area (Å²) < 4.78 is 40.8. The summed E-state index contributed by atoms with van der Waals surface area (Å²) in [6.45, 7) is 0.0477. The molecule has 0 radical (unpaired) electrons. The first kappa shape index (κ1) is 20.1. The van der Waals surface area contributed by atoms with Gasteiger partial charge in [0.25, 0.3) is 0 Å². The number of fused-ring (bicyclic) bond motifs is 1. The van der Waals surface area contributed by atoms with E-state index < -0.39 is 17.6 Å². The third kappa shape index (κ3) is 4.06. The van der Waals surface area contributed by atoms with Gasteiger partial charge in [0.05, 0.1) is 23.5 Å². The summed E-state index contributed by atoms with van der Waals surface area (Å²) in [5, 5.41) is 6.58. The van der Waals surface area contributed by atoms with Crippen LogP contribution in [0.4, 0.5) is 18.9 Å². The summed E-state index contributed by atoms with van der Waals surface area (Å²) in [4.78, 5) is 18.4. The van der Waals surface area contributed by atoms with E-state index in [4.69, 9.17) is 0 Å². The van der Waals surface area contributed by atoms with Crippen molar-refractivity contribution in [3.05, 3.63) is 71.8 Å². The average Bonchev–Trinajstić information content (AvgIpc) is 3.37.